The summed E-state index contributed by atoms with van der Waals surface area (Å²) in [6, 6.07) is 2.99. The minimum atomic E-state index is -0.623. The summed E-state index contributed by atoms with van der Waals surface area (Å²) in [7, 11) is 0. The Morgan fingerprint density at radius 3 is 2.65 bits per heavy atom. The number of aromatic nitrogens is 2. The molecule has 0 saturated carbocycles. The van der Waals surface area contributed by atoms with Gasteiger partial charge in [0.05, 0.1) is 16.8 Å². The average molecular weight is 251 g/mol. The number of rotatable bonds is 3. The Morgan fingerprint density at radius 1 is 1.24 bits per heavy atom. The number of carbonyl (C=O) groups excluding carboxylic acids is 1. The summed E-state index contributed by atoms with van der Waals surface area (Å²) >= 11 is 5.87. The quantitative estimate of drug-likeness (QED) is 0.787. The van der Waals surface area contributed by atoms with Gasteiger partial charge in [-0.25, -0.2) is 4.39 Å². The molecule has 0 fully saturated rings. The van der Waals surface area contributed by atoms with E-state index < -0.39 is 5.82 Å². The summed E-state index contributed by atoms with van der Waals surface area (Å²) in [5.41, 5.74) is 0.649. The van der Waals surface area contributed by atoms with Crippen LogP contribution < -0.4 is 0 Å². The molecule has 0 radical (unpaired) electrons. The number of hydrogen-bond acceptors (Lipinski definition) is 3. The fourth-order valence-corrected chi connectivity index (χ4v) is 1.60. The monoisotopic (exact) mass is 250 g/mol. The van der Waals surface area contributed by atoms with Crippen LogP contribution in [0.2, 0.25) is 5.02 Å². The van der Waals surface area contributed by atoms with Crippen molar-refractivity contribution in [2.75, 3.05) is 0 Å². The average Bonchev–Trinajstić information content (AvgIpc) is 2.32. The molecule has 0 N–H and O–H groups in total. The first-order valence-electron chi connectivity index (χ1n) is 4.89. The van der Waals surface area contributed by atoms with Crippen molar-refractivity contribution in [1.29, 1.82) is 0 Å². The molecule has 2 aromatic heterocycles. The zero-order valence-corrected chi connectivity index (χ0v) is 9.49. The minimum absolute atomic E-state index is 0.0212. The third kappa shape index (κ3) is 2.65. The lowest BCUT2D eigenvalue weighted by Gasteiger charge is -2.03. The van der Waals surface area contributed by atoms with E-state index >= 15 is 0 Å². The van der Waals surface area contributed by atoms with Gasteiger partial charge in [0.1, 0.15) is 0 Å². The van der Waals surface area contributed by atoms with Crippen LogP contribution in [0.15, 0.2) is 36.9 Å². The Hall–Kier alpha value is -1.81. The lowest BCUT2D eigenvalue weighted by Crippen LogP contribution is -2.07. The number of halogens is 2. The van der Waals surface area contributed by atoms with Crippen molar-refractivity contribution in [2.24, 2.45) is 0 Å². The van der Waals surface area contributed by atoms with Gasteiger partial charge in [0, 0.05) is 25.0 Å². The summed E-state index contributed by atoms with van der Waals surface area (Å²) in [5.74, 6) is -0.958. The van der Waals surface area contributed by atoms with Gasteiger partial charge in [-0.05, 0) is 17.7 Å². The number of nitrogens with zero attached hydrogens (tertiary/aromatic N) is 2. The highest BCUT2D eigenvalue weighted by atomic mass is 35.5. The predicted octanol–water partition coefficient (Wildman–Crippen LogP) is 2.69. The molecule has 0 aromatic carbocycles. The molecule has 0 aliphatic heterocycles. The van der Waals surface area contributed by atoms with Crippen LogP contribution in [0.4, 0.5) is 4.39 Å². The van der Waals surface area contributed by atoms with Crippen LogP contribution in [0.1, 0.15) is 15.9 Å². The Labute approximate surface area is 102 Å². The molecule has 0 aliphatic carbocycles. The molecule has 2 aromatic rings. The maximum atomic E-state index is 13.3. The standard InChI is InChI=1S/C12H8ClFN2O/c13-10-6-15-3-1-8(10)5-12(17)9-2-4-16-7-11(9)14/h1-4,6-7H,5H2. The highest BCUT2D eigenvalue weighted by molar-refractivity contribution is 6.31. The second kappa shape index (κ2) is 5.01. The van der Waals surface area contributed by atoms with Crippen LogP contribution in [0.3, 0.4) is 0 Å². The molecule has 0 unspecified atom stereocenters. The van der Waals surface area contributed by atoms with Gasteiger partial charge in [0.2, 0.25) is 0 Å². The Morgan fingerprint density at radius 2 is 1.94 bits per heavy atom. The minimum Gasteiger partial charge on any atom is -0.294 e. The second-order valence-electron chi connectivity index (χ2n) is 3.42. The van der Waals surface area contributed by atoms with E-state index in [0.717, 1.165) is 6.20 Å². The molecule has 0 bridgehead atoms. The fourth-order valence-electron chi connectivity index (χ4n) is 1.42. The molecule has 86 valence electrons. The van der Waals surface area contributed by atoms with Crippen LogP contribution >= 0.6 is 11.6 Å². The summed E-state index contributed by atoms with van der Waals surface area (Å²) in [5, 5.41) is 0.398. The van der Waals surface area contributed by atoms with Crippen LogP contribution in [0.5, 0.6) is 0 Å². The predicted molar refractivity (Wildman–Crippen MR) is 61.5 cm³/mol. The van der Waals surface area contributed by atoms with E-state index in [1.54, 1.807) is 6.07 Å². The Bertz CT molecular complexity index is 560. The van der Waals surface area contributed by atoms with Gasteiger partial charge >= 0.3 is 0 Å². The van der Waals surface area contributed by atoms with Gasteiger partial charge in [0.25, 0.3) is 0 Å². The lowest BCUT2D eigenvalue weighted by atomic mass is 10.0. The Balaban J connectivity index is 2.24. The third-order valence-corrected chi connectivity index (χ3v) is 2.62. The van der Waals surface area contributed by atoms with Crippen LogP contribution in [-0.2, 0) is 6.42 Å². The number of Topliss-reactive ketones (excluding diaryl/α,β-unsaturated/α-hetero) is 1. The highest BCUT2D eigenvalue weighted by Crippen LogP contribution is 2.16. The van der Waals surface area contributed by atoms with E-state index in [1.807, 2.05) is 0 Å². The topological polar surface area (TPSA) is 42.9 Å². The zero-order valence-electron chi connectivity index (χ0n) is 8.73. The molecule has 0 saturated heterocycles. The number of pyridine rings is 2. The van der Waals surface area contributed by atoms with Gasteiger partial charge in [-0.15, -0.1) is 0 Å². The molecule has 2 heterocycles. The summed E-state index contributed by atoms with van der Waals surface area (Å²) in [6.45, 7) is 0. The smallest absolute Gasteiger partial charge is 0.170 e. The summed E-state index contributed by atoms with van der Waals surface area (Å²) < 4.78 is 13.3. The summed E-state index contributed by atoms with van der Waals surface area (Å²) in [6.07, 6.45) is 5.43. The van der Waals surface area contributed by atoms with Crippen molar-refractivity contribution >= 4 is 17.4 Å². The van der Waals surface area contributed by atoms with E-state index in [9.17, 15) is 9.18 Å². The van der Waals surface area contributed by atoms with Crippen LogP contribution in [0, 0.1) is 5.82 Å². The molecule has 2 rings (SSSR count). The fraction of sp³-hybridized carbons (Fsp3) is 0.0833. The Kier molecular flexibility index (Phi) is 3.44. The lowest BCUT2D eigenvalue weighted by molar-refractivity contribution is 0.0989. The van der Waals surface area contributed by atoms with Crippen LogP contribution in [-0.4, -0.2) is 15.8 Å². The zero-order chi connectivity index (χ0) is 12.3. The van der Waals surface area contributed by atoms with Gasteiger partial charge in [0.15, 0.2) is 11.6 Å². The first kappa shape index (κ1) is 11.7. The second-order valence-corrected chi connectivity index (χ2v) is 3.83. The maximum absolute atomic E-state index is 13.3. The molecular formula is C12H8ClFN2O. The third-order valence-electron chi connectivity index (χ3n) is 2.28. The molecule has 5 heteroatoms. The highest BCUT2D eigenvalue weighted by Gasteiger charge is 2.13. The largest absolute Gasteiger partial charge is 0.294 e. The SMILES string of the molecule is O=C(Cc1ccncc1Cl)c1ccncc1F. The van der Waals surface area contributed by atoms with E-state index in [1.165, 1.54) is 24.7 Å². The van der Waals surface area contributed by atoms with Gasteiger partial charge < -0.3 is 0 Å². The van der Waals surface area contributed by atoms with E-state index in [4.69, 9.17) is 11.6 Å². The molecule has 17 heavy (non-hydrogen) atoms. The molecule has 3 nitrogen and oxygen atoms in total. The summed E-state index contributed by atoms with van der Waals surface area (Å²) in [4.78, 5) is 19.2. The van der Waals surface area contributed by atoms with Crippen molar-refractivity contribution in [3.63, 3.8) is 0 Å². The van der Waals surface area contributed by atoms with Crippen molar-refractivity contribution in [3.05, 3.63) is 58.9 Å². The van der Waals surface area contributed by atoms with Crippen molar-refractivity contribution in [2.45, 2.75) is 6.42 Å². The van der Waals surface area contributed by atoms with E-state index in [-0.39, 0.29) is 17.8 Å². The van der Waals surface area contributed by atoms with Gasteiger partial charge in [-0.3, -0.25) is 14.8 Å². The van der Waals surface area contributed by atoms with Gasteiger partial charge in [-0.1, -0.05) is 11.6 Å². The molecule has 0 amide bonds. The van der Waals surface area contributed by atoms with E-state index in [0.29, 0.717) is 10.6 Å². The van der Waals surface area contributed by atoms with Crippen molar-refractivity contribution in [1.82, 2.24) is 9.97 Å². The first-order chi connectivity index (χ1) is 8.18. The number of carbonyl (C=O) groups is 1. The van der Waals surface area contributed by atoms with Crippen molar-refractivity contribution in [3.8, 4) is 0 Å². The van der Waals surface area contributed by atoms with Crippen molar-refractivity contribution < 1.29 is 9.18 Å². The molecule has 0 spiro atoms. The first-order valence-corrected chi connectivity index (χ1v) is 5.27. The maximum Gasteiger partial charge on any atom is 0.170 e. The van der Waals surface area contributed by atoms with Crippen LogP contribution in [0.25, 0.3) is 0 Å². The molecule has 0 atom stereocenters. The normalized spacial score (nSPS) is 10.2. The molecule has 0 aliphatic rings. The number of hydrogen-bond donors (Lipinski definition) is 0. The van der Waals surface area contributed by atoms with E-state index in [2.05, 4.69) is 9.97 Å². The number of ketones is 1. The molecular weight excluding hydrogens is 243 g/mol. The van der Waals surface area contributed by atoms with Gasteiger partial charge in [-0.2, -0.15) is 0 Å².